The molecule has 1 saturated heterocycles. The Hall–Kier alpha value is -2.61. The van der Waals surface area contributed by atoms with Gasteiger partial charge in [0.1, 0.15) is 5.82 Å². The van der Waals surface area contributed by atoms with Crippen LogP contribution in [0.15, 0.2) is 24.3 Å². The van der Waals surface area contributed by atoms with Gasteiger partial charge < -0.3 is 5.32 Å². The van der Waals surface area contributed by atoms with E-state index in [4.69, 9.17) is 0 Å². The van der Waals surface area contributed by atoms with Crippen LogP contribution in [-0.4, -0.2) is 34.2 Å². The number of amides is 3. The number of thiazole rings is 1. The lowest BCUT2D eigenvalue weighted by molar-refractivity contribution is -0.138. The quantitative estimate of drug-likeness (QED) is 0.831. The predicted molar refractivity (Wildman–Crippen MR) is 91.4 cm³/mol. The van der Waals surface area contributed by atoms with Crippen LogP contribution in [0.3, 0.4) is 0 Å². The number of hydrogen-bond donors (Lipinski definition) is 1. The molecule has 2 aromatic rings. The maximum absolute atomic E-state index is 13.0. The number of anilines is 1. The van der Waals surface area contributed by atoms with Gasteiger partial charge >= 0.3 is 0 Å². The average Bonchev–Trinajstić information content (AvgIpc) is 3.09. The number of aryl methyl sites for hydroxylation is 1. The van der Waals surface area contributed by atoms with Crippen molar-refractivity contribution in [2.24, 2.45) is 0 Å². The standard InChI is InChI=1S/C17H16FN3O3S/c1-10-16(11-2-4-12(18)5-3-11)20-17(25-10)19-13(22)8-9-21-14(23)6-7-15(21)24/h2-5H,6-9H2,1H3,(H,19,20,22). The zero-order chi connectivity index (χ0) is 18.0. The van der Waals surface area contributed by atoms with E-state index in [2.05, 4.69) is 10.3 Å². The monoisotopic (exact) mass is 361 g/mol. The summed E-state index contributed by atoms with van der Waals surface area (Å²) >= 11 is 1.32. The molecule has 0 unspecified atom stereocenters. The Balaban J connectivity index is 1.62. The van der Waals surface area contributed by atoms with Crippen molar-refractivity contribution in [3.63, 3.8) is 0 Å². The van der Waals surface area contributed by atoms with Gasteiger partial charge in [0.2, 0.25) is 17.7 Å². The fraction of sp³-hybridized carbons (Fsp3) is 0.294. The topological polar surface area (TPSA) is 79.4 Å². The number of imide groups is 1. The summed E-state index contributed by atoms with van der Waals surface area (Å²) in [5.74, 6) is -1.11. The first-order valence-electron chi connectivity index (χ1n) is 7.80. The van der Waals surface area contributed by atoms with Gasteiger partial charge in [-0.3, -0.25) is 19.3 Å². The number of aromatic nitrogens is 1. The van der Waals surface area contributed by atoms with E-state index in [-0.39, 0.29) is 49.3 Å². The van der Waals surface area contributed by atoms with Crippen LogP contribution in [-0.2, 0) is 14.4 Å². The number of carbonyl (C=O) groups excluding carboxylic acids is 3. The average molecular weight is 361 g/mol. The van der Waals surface area contributed by atoms with Crippen molar-refractivity contribution in [3.05, 3.63) is 35.0 Å². The van der Waals surface area contributed by atoms with Crippen LogP contribution >= 0.6 is 11.3 Å². The van der Waals surface area contributed by atoms with Crippen LogP contribution in [0.25, 0.3) is 11.3 Å². The molecule has 0 aliphatic carbocycles. The number of rotatable bonds is 5. The Labute approximate surface area is 147 Å². The molecule has 0 atom stereocenters. The molecular weight excluding hydrogens is 345 g/mol. The zero-order valence-corrected chi connectivity index (χ0v) is 14.4. The minimum atomic E-state index is -0.323. The molecule has 3 amide bonds. The lowest BCUT2D eigenvalue weighted by Crippen LogP contribution is -2.32. The third-order valence-electron chi connectivity index (χ3n) is 3.88. The molecule has 1 aliphatic rings. The molecule has 6 nitrogen and oxygen atoms in total. The molecule has 8 heteroatoms. The van der Waals surface area contributed by atoms with E-state index in [1.54, 1.807) is 12.1 Å². The van der Waals surface area contributed by atoms with E-state index in [9.17, 15) is 18.8 Å². The highest BCUT2D eigenvalue weighted by Gasteiger charge is 2.28. The zero-order valence-electron chi connectivity index (χ0n) is 13.5. The smallest absolute Gasteiger partial charge is 0.229 e. The molecule has 0 saturated carbocycles. The van der Waals surface area contributed by atoms with Gasteiger partial charge in [0.05, 0.1) is 5.69 Å². The van der Waals surface area contributed by atoms with Crippen molar-refractivity contribution >= 4 is 34.2 Å². The molecule has 1 fully saturated rings. The number of nitrogens with zero attached hydrogens (tertiary/aromatic N) is 2. The third kappa shape index (κ3) is 3.90. The molecule has 2 heterocycles. The second-order valence-corrected chi connectivity index (χ2v) is 6.87. The van der Waals surface area contributed by atoms with Crippen molar-refractivity contribution < 1.29 is 18.8 Å². The van der Waals surface area contributed by atoms with E-state index in [1.165, 1.54) is 23.5 Å². The Bertz CT molecular complexity index is 816. The maximum atomic E-state index is 13.0. The number of nitrogens with one attached hydrogen (secondary N) is 1. The highest BCUT2D eigenvalue weighted by atomic mass is 32.1. The van der Waals surface area contributed by atoms with Gasteiger partial charge in [0.25, 0.3) is 0 Å². The van der Waals surface area contributed by atoms with E-state index in [1.807, 2.05) is 6.92 Å². The molecule has 1 N–H and O–H groups in total. The van der Waals surface area contributed by atoms with Gasteiger partial charge in [-0.1, -0.05) is 0 Å². The molecule has 25 heavy (non-hydrogen) atoms. The fourth-order valence-electron chi connectivity index (χ4n) is 2.59. The summed E-state index contributed by atoms with van der Waals surface area (Å²) in [6.45, 7) is 1.95. The molecule has 0 bridgehead atoms. The highest BCUT2D eigenvalue weighted by Crippen LogP contribution is 2.30. The van der Waals surface area contributed by atoms with Crippen LogP contribution in [0, 0.1) is 12.7 Å². The fourth-order valence-corrected chi connectivity index (χ4v) is 3.44. The highest BCUT2D eigenvalue weighted by molar-refractivity contribution is 7.16. The summed E-state index contributed by atoms with van der Waals surface area (Å²) in [4.78, 5) is 41.5. The van der Waals surface area contributed by atoms with Crippen molar-refractivity contribution in [2.75, 3.05) is 11.9 Å². The number of carbonyl (C=O) groups is 3. The Morgan fingerprint density at radius 2 is 1.88 bits per heavy atom. The SMILES string of the molecule is Cc1sc(NC(=O)CCN2C(=O)CCC2=O)nc1-c1ccc(F)cc1. The molecule has 0 spiro atoms. The van der Waals surface area contributed by atoms with E-state index in [0.29, 0.717) is 10.8 Å². The van der Waals surface area contributed by atoms with E-state index in [0.717, 1.165) is 15.3 Å². The van der Waals surface area contributed by atoms with Crippen LogP contribution in [0.2, 0.25) is 0 Å². The summed E-state index contributed by atoms with van der Waals surface area (Å²) < 4.78 is 13.0. The Kier molecular flexibility index (Phi) is 4.89. The molecule has 1 aromatic heterocycles. The summed E-state index contributed by atoms with van der Waals surface area (Å²) in [6.07, 6.45) is 0.461. The summed E-state index contributed by atoms with van der Waals surface area (Å²) in [5, 5.41) is 3.11. The van der Waals surface area contributed by atoms with Crippen molar-refractivity contribution in [2.45, 2.75) is 26.2 Å². The van der Waals surface area contributed by atoms with Crippen molar-refractivity contribution in [1.82, 2.24) is 9.88 Å². The number of hydrogen-bond acceptors (Lipinski definition) is 5. The van der Waals surface area contributed by atoms with Crippen molar-refractivity contribution in [1.29, 1.82) is 0 Å². The Morgan fingerprint density at radius 1 is 1.24 bits per heavy atom. The first-order valence-corrected chi connectivity index (χ1v) is 8.62. The third-order valence-corrected chi connectivity index (χ3v) is 4.76. The van der Waals surface area contributed by atoms with Gasteiger partial charge in [0, 0.05) is 36.2 Å². The lowest BCUT2D eigenvalue weighted by Gasteiger charge is -2.12. The summed E-state index contributed by atoms with van der Waals surface area (Å²) in [6, 6.07) is 5.98. The molecule has 130 valence electrons. The molecule has 3 rings (SSSR count). The Morgan fingerprint density at radius 3 is 2.52 bits per heavy atom. The van der Waals surface area contributed by atoms with E-state index < -0.39 is 0 Å². The number of halogens is 1. The molecule has 1 aromatic carbocycles. The first kappa shape index (κ1) is 17.2. The van der Waals surface area contributed by atoms with Crippen LogP contribution in [0.4, 0.5) is 9.52 Å². The van der Waals surface area contributed by atoms with Crippen LogP contribution in [0.1, 0.15) is 24.1 Å². The lowest BCUT2D eigenvalue weighted by atomic mass is 10.1. The number of likely N-dealkylation sites (tertiary alicyclic amines) is 1. The van der Waals surface area contributed by atoms with Gasteiger partial charge in [-0.15, -0.1) is 11.3 Å². The number of benzene rings is 1. The molecule has 0 radical (unpaired) electrons. The first-order chi connectivity index (χ1) is 11.9. The van der Waals surface area contributed by atoms with Gasteiger partial charge in [-0.05, 0) is 31.2 Å². The predicted octanol–water partition coefficient (Wildman–Crippen LogP) is 2.74. The van der Waals surface area contributed by atoms with Crippen LogP contribution < -0.4 is 5.32 Å². The van der Waals surface area contributed by atoms with Gasteiger partial charge in [0.15, 0.2) is 5.13 Å². The minimum absolute atomic E-state index is 0.0298. The van der Waals surface area contributed by atoms with E-state index >= 15 is 0 Å². The second kappa shape index (κ2) is 7.10. The van der Waals surface area contributed by atoms with Crippen LogP contribution in [0.5, 0.6) is 0 Å². The molecule has 1 aliphatic heterocycles. The van der Waals surface area contributed by atoms with Gasteiger partial charge in [-0.25, -0.2) is 9.37 Å². The second-order valence-electron chi connectivity index (χ2n) is 5.67. The van der Waals surface area contributed by atoms with Gasteiger partial charge in [-0.2, -0.15) is 0 Å². The maximum Gasteiger partial charge on any atom is 0.229 e. The molecular formula is C17H16FN3O3S. The minimum Gasteiger partial charge on any atom is -0.302 e. The largest absolute Gasteiger partial charge is 0.302 e. The summed E-state index contributed by atoms with van der Waals surface area (Å²) in [7, 11) is 0. The normalized spacial score (nSPS) is 14.2. The summed E-state index contributed by atoms with van der Waals surface area (Å²) in [5.41, 5.74) is 1.45. The van der Waals surface area contributed by atoms with Crippen molar-refractivity contribution in [3.8, 4) is 11.3 Å².